The van der Waals surface area contributed by atoms with Crippen molar-refractivity contribution in [1.82, 2.24) is 29.3 Å². The van der Waals surface area contributed by atoms with Gasteiger partial charge in [-0.2, -0.15) is 15.3 Å². The van der Waals surface area contributed by atoms with Gasteiger partial charge in [-0.1, -0.05) is 18.2 Å². The van der Waals surface area contributed by atoms with Gasteiger partial charge in [0.25, 0.3) is 5.91 Å². The summed E-state index contributed by atoms with van der Waals surface area (Å²) in [6, 6.07) is 11.9. The van der Waals surface area contributed by atoms with Crippen molar-refractivity contribution in [1.29, 1.82) is 0 Å². The number of aryl methyl sites for hydroxylation is 4. The Labute approximate surface area is 201 Å². The second-order valence-corrected chi connectivity index (χ2v) is 9.62. The number of amides is 1. The number of hydrogen-bond acceptors (Lipinski definition) is 5. The van der Waals surface area contributed by atoms with Crippen LogP contribution in [-0.4, -0.2) is 35.2 Å². The molecule has 0 bridgehead atoms. The number of thiophene rings is 1. The van der Waals surface area contributed by atoms with Gasteiger partial charge in [-0.3, -0.25) is 14.2 Å². The molecule has 1 N–H and O–H groups in total. The van der Waals surface area contributed by atoms with E-state index >= 15 is 0 Å². The van der Waals surface area contributed by atoms with E-state index in [1.165, 1.54) is 11.3 Å². The van der Waals surface area contributed by atoms with Crippen molar-refractivity contribution in [2.24, 2.45) is 7.05 Å². The first-order valence-electron chi connectivity index (χ1n) is 11.1. The molecule has 0 aliphatic carbocycles. The van der Waals surface area contributed by atoms with Gasteiger partial charge in [-0.15, -0.1) is 11.3 Å². The lowest BCUT2D eigenvalue weighted by atomic mass is 10.2. The average molecular weight is 474 g/mol. The van der Waals surface area contributed by atoms with Crippen LogP contribution in [0.25, 0.3) is 15.9 Å². The second-order valence-electron chi connectivity index (χ2n) is 8.59. The van der Waals surface area contributed by atoms with Gasteiger partial charge in [0.2, 0.25) is 0 Å². The predicted octanol–water partition coefficient (Wildman–Crippen LogP) is 4.86. The van der Waals surface area contributed by atoms with Crippen LogP contribution in [0.5, 0.6) is 0 Å². The van der Waals surface area contributed by atoms with Crippen LogP contribution in [0.3, 0.4) is 0 Å². The molecule has 0 unspecified atom stereocenters. The average Bonchev–Trinajstić information content (AvgIpc) is 3.52. The summed E-state index contributed by atoms with van der Waals surface area (Å²) in [5, 5.41) is 18.0. The molecular formula is C25H27N7OS. The van der Waals surface area contributed by atoms with Gasteiger partial charge in [0, 0.05) is 23.7 Å². The molecule has 0 aliphatic heterocycles. The van der Waals surface area contributed by atoms with E-state index < -0.39 is 0 Å². The monoisotopic (exact) mass is 473 g/mol. The molecule has 4 heterocycles. The first-order valence-corrected chi connectivity index (χ1v) is 11.9. The minimum absolute atomic E-state index is 0.139. The third-order valence-corrected chi connectivity index (χ3v) is 7.47. The molecular weight excluding hydrogens is 446 g/mol. The van der Waals surface area contributed by atoms with Crippen molar-refractivity contribution in [3.63, 3.8) is 0 Å². The fourth-order valence-electron chi connectivity index (χ4n) is 4.31. The van der Waals surface area contributed by atoms with Crippen molar-refractivity contribution in [2.75, 3.05) is 5.32 Å². The Morgan fingerprint density at radius 2 is 1.68 bits per heavy atom. The lowest BCUT2D eigenvalue weighted by molar-refractivity contribution is 0.103. The minimum Gasteiger partial charge on any atom is -0.318 e. The minimum atomic E-state index is -0.139. The number of fused-ring (bicyclic) bond motifs is 1. The number of para-hydroxylation sites is 1. The number of anilines is 1. The Morgan fingerprint density at radius 3 is 2.35 bits per heavy atom. The Kier molecular flexibility index (Phi) is 5.36. The van der Waals surface area contributed by atoms with E-state index in [-0.39, 0.29) is 5.91 Å². The largest absolute Gasteiger partial charge is 0.318 e. The van der Waals surface area contributed by atoms with Gasteiger partial charge in [-0.25, -0.2) is 4.68 Å². The van der Waals surface area contributed by atoms with E-state index in [0.29, 0.717) is 11.4 Å². The molecule has 174 valence electrons. The highest BCUT2D eigenvalue weighted by molar-refractivity contribution is 7.20. The number of rotatable bonds is 5. The van der Waals surface area contributed by atoms with Crippen LogP contribution in [-0.2, 0) is 13.6 Å². The van der Waals surface area contributed by atoms with Crippen LogP contribution in [0.2, 0.25) is 0 Å². The van der Waals surface area contributed by atoms with Gasteiger partial charge in [0.1, 0.15) is 4.83 Å². The molecule has 1 aromatic carbocycles. The molecule has 0 radical (unpaired) electrons. The van der Waals surface area contributed by atoms with E-state index in [4.69, 9.17) is 5.10 Å². The number of hydrogen-bond donors (Lipinski definition) is 1. The zero-order chi connectivity index (χ0) is 24.1. The van der Waals surface area contributed by atoms with Crippen LogP contribution in [0, 0.1) is 34.6 Å². The highest BCUT2D eigenvalue weighted by atomic mass is 32.1. The fourth-order valence-corrected chi connectivity index (χ4v) is 5.38. The third kappa shape index (κ3) is 3.62. The molecule has 0 spiro atoms. The number of aromatic nitrogens is 6. The summed E-state index contributed by atoms with van der Waals surface area (Å²) in [6.45, 7) is 10.6. The summed E-state index contributed by atoms with van der Waals surface area (Å²) in [6.07, 6.45) is 0. The molecule has 5 aromatic rings. The van der Waals surface area contributed by atoms with Crippen LogP contribution >= 0.6 is 11.3 Å². The first-order chi connectivity index (χ1) is 16.2. The third-order valence-electron chi connectivity index (χ3n) is 6.36. The number of benzene rings is 1. The lowest BCUT2D eigenvalue weighted by Gasteiger charge is -2.07. The smallest absolute Gasteiger partial charge is 0.265 e. The highest BCUT2D eigenvalue weighted by Crippen LogP contribution is 2.31. The van der Waals surface area contributed by atoms with Gasteiger partial charge in [0.05, 0.1) is 45.6 Å². The Bertz CT molecular complexity index is 1530. The van der Waals surface area contributed by atoms with Crippen molar-refractivity contribution >= 4 is 33.1 Å². The fraction of sp³-hybridized carbons (Fsp3) is 0.280. The highest BCUT2D eigenvalue weighted by Gasteiger charge is 2.21. The van der Waals surface area contributed by atoms with Gasteiger partial charge < -0.3 is 5.32 Å². The standard InChI is InChI=1S/C25H27N7OS/c1-14-20-12-22(34-25(20)32(29-14)19-10-8-7-9-11-19)24(33)26-23-16(3)28-31(18(23)5)13-21-15(2)27-30(6)17(21)4/h7-12H,13H2,1-6H3,(H,26,33). The topological polar surface area (TPSA) is 82.6 Å². The predicted molar refractivity (Wildman–Crippen MR) is 135 cm³/mol. The van der Waals surface area contributed by atoms with Crippen LogP contribution in [0.4, 0.5) is 5.69 Å². The normalized spacial score (nSPS) is 11.5. The van der Waals surface area contributed by atoms with Crippen molar-refractivity contribution < 1.29 is 4.79 Å². The molecule has 1 amide bonds. The zero-order valence-corrected chi connectivity index (χ0v) is 21.0. The Hall–Kier alpha value is -3.72. The molecule has 0 fully saturated rings. The number of nitrogens with zero attached hydrogens (tertiary/aromatic N) is 6. The Balaban J connectivity index is 1.44. The second kappa shape index (κ2) is 8.25. The zero-order valence-electron chi connectivity index (χ0n) is 20.2. The number of carbonyl (C=O) groups is 1. The summed E-state index contributed by atoms with van der Waals surface area (Å²) in [7, 11) is 1.95. The molecule has 4 aromatic heterocycles. The number of nitrogens with one attached hydrogen (secondary N) is 1. The van der Waals surface area contributed by atoms with Crippen LogP contribution < -0.4 is 5.32 Å². The Morgan fingerprint density at radius 1 is 0.941 bits per heavy atom. The van der Waals surface area contributed by atoms with Gasteiger partial charge in [-0.05, 0) is 52.8 Å². The summed E-state index contributed by atoms with van der Waals surface area (Å²) in [5.74, 6) is -0.139. The maximum atomic E-state index is 13.2. The molecule has 0 atom stereocenters. The molecule has 0 saturated heterocycles. The summed E-state index contributed by atoms with van der Waals surface area (Å²) in [5.41, 5.74) is 7.59. The van der Waals surface area contributed by atoms with Crippen LogP contribution in [0.1, 0.15) is 43.7 Å². The summed E-state index contributed by atoms with van der Waals surface area (Å²) < 4.78 is 5.72. The van der Waals surface area contributed by atoms with Crippen molar-refractivity contribution in [3.8, 4) is 5.69 Å². The van der Waals surface area contributed by atoms with E-state index in [2.05, 4.69) is 22.4 Å². The number of carbonyl (C=O) groups excluding carboxylic acids is 1. The molecule has 0 aliphatic rings. The molecule has 9 heteroatoms. The quantitative estimate of drug-likeness (QED) is 0.395. The van der Waals surface area contributed by atoms with Crippen molar-refractivity contribution in [3.05, 3.63) is 75.3 Å². The van der Waals surface area contributed by atoms with E-state index in [0.717, 1.165) is 55.6 Å². The SMILES string of the molecule is Cc1nn(C)c(C)c1Cn1nc(C)c(NC(=O)c2cc3c(C)nn(-c4ccccc4)c3s2)c1C. The van der Waals surface area contributed by atoms with E-state index in [1.54, 1.807) is 0 Å². The summed E-state index contributed by atoms with van der Waals surface area (Å²) >= 11 is 1.44. The maximum Gasteiger partial charge on any atom is 0.265 e. The maximum absolute atomic E-state index is 13.2. The van der Waals surface area contributed by atoms with E-state index in [9.17, 15) is 4.79 Å². The molecule has 0 saturated carbocycles. The van der Waals surface area contributed by atoms with Gasteiger partial charge in [0.15, 0.2) is 0 Å². The van der Waals surface area contributed by atoms with Gasteiger partial charge >= 0.3 is 0 Å². The summed E-state index contributed by atoms with van der Waals surface area (Å²) in [4.78, 5) is 14.8. The lowest BCUT2D eigenvalue weighted by Crippen LogP contribution is -2.12. The molecule has 8 nitrogen and oxygen atoms in total. The van der Waals surface area contributed by atoms with Crippen LogP contribution in [0.15, 0.2) is 36.4 Å². The molecule has 34 heavy (non-hydrogen) atoms. The first kappa shape index (κ1) is 22.1. The van der Waals surface area contributed by atoms with E-state index in [1.807, 2.05) is 85.2 Å². The molecule has 5 rings (SSSR count). The van der Waals surface area contributed by atoms with Crippen molar-refractivity contribution in [2.45, 2.75) is 41.2 Å².